The minimum absolute atomic E-state index is 0.00112. The zero-order valence-corrected chi connectivity index (χ0v) is 13.3. The molecule has 2 rings (SSSR count). The van der Waals surface area contributed by atoms with E-state index in [1.165, 1.54) is 7.05 Å². The fourth-order valence-electron chi connectivity index (χ4n) is 2.40. The van der Waals surface area contributed by atoms with E-state index in [4.69, 9.17) is 0 Å². The fraction of sp³-hybridized carbons (Fsp3) is 0.533. The smallest absolute Gasteiger partial charge is 0.352 e. The van der Waals surface area contributed by atoms with Crippen LogP contribution in [0.2, 0.25) is 0 Å². The maximum absolute atomic E-state index is 14.1. The Bertz CT molecular complexity index is 585. The molecule has 0 radical (unpaired) electrons. The Balaban J connectivity index is 2.06. The second-order valence-electron chi connectivity index (χ2n) is 5.72. The van der Waals surface area contributed by atoms with Gasteiger partial charge in [-0.15, -0.1) is 0 Å². The Labute approximate surface area is 130 Å². The van der Waals surface area contributed by atoms with Crippen LogP contribution in [0.5, 0.6) is 0 Å². The summed E-state index contributed by atoms with van der Waals surface area (Å²) in [7, 11) is 0.170. The molecule has 1 N–H and O–H groups in total. The van der Waals surface area contributed by atoms with Crippen LogP contribution in [0.3, 0.4) is 0 Å². The van der Waals surface area contributed by atoms with E-state index in [1.807, 2.05) is 0 Å². The molecule has 1 aliphatic carbocycles. The predicted octanol–water partition coefficient (Wildman–Crippen LogP) is 1.93. The number of carbonyl (C=O) groups excluding carboxylic acids is 1. The van der Waals surface area contributed by atoms with Crippen LogP contribution in [-0.4, -0.2) is 44.9 Å². The maximum Gasteiger partial charge on any atom is 0.352 e. The first-order chi connectivity index (χ1) is 10.2. The van der Waals surface area contributed by atoms with E-state index in [0.29, 0.717) is 16.9 Å². The minimum Gasteiger partial charge on any atom is -0.383 e. The van der Waals surface area contributed by atoms with Gasteiger partial charge in [-0.05, 0) is 37.0 Å². The summed E-state index contributed by atoms with van der Waals surface area (Å²) < 4.78 is 39.5. The van der Waals surface area contributed by atoms with Crippen LogP contribution in [-0.2, 0) is 22.1 Å². The average molecular weight is 331 g/mol. The SMILES string of the molecule is CN(Cc1ccc(S(C)=O)cc1)C(=O)C(F)(F)C1(O)CCC1. The van der Waals surface area contributed by atoms with Gasteiger partial charge in [0, 0.05) is 35.5 Å². The van der Waals surface area contributed by atoms with Crippen molar-refractivity contribution in [3.8, 4) is 0 Å². The number of benzene rings is 1. The number of nitrogens with zero attached hydrogens (tertiary/aromatic N) is 1. The molecule has 1 saturated carbocycles. The first-order valence-electron chi connectivity index (χ1n) is 6.95. The van der Waals surface area contributed by atoms with Gasteiger partial charge >= 0.3 is 5.92 Å². The van der Waals surface area contributed by atoms with Crippen molar-refractivity contribution in [2.24, 2.45) is 0 Å². The number of aliphatic hydroxyl groups is 1. The van der Waals surface area contributed by atoms with Gasteiger partial charge in [0.25, 0.3) is 5.91 Å². The Morgan fingerprint density at radius 1 is 1.36 bits per heavy atom. The number of amides is 1. The second-order valence-corrected chi connectivity index (χ2v) is 7.10. The number of hydrogen-bond acceptors (Lipinski definition) is 3. The summed E-state index contributed by atoms with van der Waals surface area (Å²) >= 11 is 0. The van der Waals surface area contributed by atoms with Crippen molar-refractivity contribution in [2.45, 2.75) is 42.2 Å². The Morgan fingerprint density at radius 2 is 1.91 bits per heavy atom. The molecule has 0 saturated heterocycles. The monoisotopic (exact) mass is 331 g/mol. The molecule has 1 amide bonds. The highest BCUT2D eigenvalue weighted by atomic mass is 32.2. The summed E-state index contributed by atoms with van der Waals surface area (Å²) in [5.74, 6) is -5.15. The van der Waals surface area contributed by atoms with E-state index in [1.54, 1.807) is 30.5 Å². The van der Waals surface area contributed by atoms with Crippen LogP contribution < -0.4 is 0 Å². The van der Waals surface area contributed by atoms with E-state index < -0.39 is 28.2 Å². The largest absolute Gasteiger partial charge is 0.383 e. The predicted molar refractivity (Wildman–Crippen MR) is 79.0 cm³/mol. The Morgan fingerprint density at radius 3 is 2.32 bits per heavy atom. The molecule has 1 aromatic carbocycles. The molecule has 1 unspecified atom stereocenters. The number of rotatable bonds is 5. The van der Waals surface area contributed by atoms with Crippen molar-refractivity contribution < 1.29 is 22.9 Å². The first-order valence-corrected chi connectivity index (χ1v) is 8.51. The normalized spacial score (nSPS) is 18.4. The molecule has 7 heteroatoms. The molecule has 22 heavy (non-hydrogen) atoms. The molecule has 0 spiro atoms. The molecular formula is C15H19F2NO3S. The highest BCUT2D eigenvalue weighted by Crippen LogP contribution is 2.45. The quantitative estimate of drug-likeness (QED) is 0.897. The van der Waals surface area contributed by atoms with Crippen molar-refractivity contribution in [3.63, 3.8) is 0 Å². The second kappa shape index (κ2) is 6.04. The molecule has 0 bridgehead atoms. The molecule has 0 aromatic heterocycles. The third-order valence-corrected chi connectivity index (χ3v) is 4.99. The molecule has 122 valence electrons. The van der Waals surface area contributed by atoms with Crippen molar-refractivity contribution in [2.75, 3.05) is 13.3 Å². The summed E-state index contributed by atoms with van der Waals surface area (Å²) in [6.45, 7) is 0.00112. The van der Waals surface area contributed by atoms with Crippen LogP contribution in [0.1, 0.15) is 24.8 Å². The van der Waals surface area contributed by atoms with Crippen molar-refractivity contribution in [3.05, 3.63) is 29.8 Å². The van der Waals surface area contributed by atoms with Crippen molar-refractivity contribution in [1.29, 1.82) is 0 Å². The lowest BCUT2D eigenvalue weighted by Crippen LogP contribution is -2.60. The van der Waals surface area contributed by atoms with E-state index in [9.17, 15) is 22.9 Å². The van der Waals surface area contributed by atoms with Gasteiger partial charge < -0.3 is 10.0 Å². The van der Waals surface area contributed by atoms with Crippen LogP contribution in [0, 0.1) is 0 Å². The van der Waals surface area contributed by atoms with Gasteiger partial charge in [0.2, 0.25) is 0 Å². The zero-order valence-electron chi connectivity index (χ0n) is 12.5. The maximum atomic E-state index is 14.1. The van der Waals surface area contributed by atoms with Crippen LogP contribution >= 0.6 is 0 Å². The van der Waals surface area contributed by atoms with Crippen molar-refractivity contribution >= 4 is 16.7 Å². The number of alkyl halides is 2. The molecule has 1 atom stereocenters. The average Bonchev–Trinajstić information content (AvgIpc) is 2.44. The molecule has 1 aromatic rings. The van der Waals surface area contributed by atoms with Gasteiger partial charge in [0.05, 0.1) is 0 Å². The molecule has 0 aliphatic heterocycles. The van der Waals surface area contributed by atoms with E-state index in [-0.39, 0.29) is 19.4 Å². The lowest BCUT2D eigenvalue weighted by Gasteiger charge is -2.42. The summed E-state index contributed by atoms with van der Waals surface area (Å²) in [6, 6.07) is 6.58. The standard InChI is InChI=1S/C15H19F2NO3S/c1-18(10-11-4-6-12(7-5-11)22(2)21)13(19)15(16,17)14(20)8-3-9-14/h4-7,20H,3,8-10H2,1-2H3. The molecule has 0 heterocycles. The van der Waals surface area contributed by atoms with Crippen molar-refractivity contribution in [1.82, 2.24) is 4.90 Å². The lowest BCUT2D eigenvalue weighted by atomic mass is 9.75. The third-order valence-electron chi connectivity index (χ3n) is 4.06. The van der Waals surface area contributed by atoms with Gasteiger partial charge in [-0.2, -0.15) is 8.78 Å². The molecule has 1 fully saturated rings. The van der Waals surface area contributed by atoms with Gasteiger partial charge in [0.15, 0.2) is 0 Å². The Kier molecular flexibility index (Phi) is 4.67. The number of carbonyl (C=O) groups is 1. The topological polar surface area (TPSA) is 57.6 Å². The third kappa shape index (κ3) is 3.05. The number of halogens is 2. The molecule has 1 aliphatic rings. The molecular weight excluding hydrogens is 312 g/mol. The van der Waals surface area contributed by atoms with Crippen LogP contribution in [0.15, 0.2) is 29.2 Å². The Hall–Kier alpha value is -1.34. The molecule has 4 nitrogen and oxygen atoms in total. The van der Waals surface area contributed by atoms with Gasteiger partial charge in [-0.3, -0.25) is 9.00 Å². The highest BCUT2D eigenvalue weighted by molar-refractivity contribution is 7.84. The summed E-state index contributed by atoms with van der Waals surface area (Å²) in [5.41, 5.74) is -1.55. The van der Waals surface area contributed by atoms with E-state index in [0.717, 1.165) is 4.90 Å². The highest BCUT2D eigenvalue weighted by Gasteiger charge is 2.61. The zero-order chi connectivity index (χ0) is 16.5. The van der Waals surface area contributed by atoms with Gasteiger partial charge in [-0.25, -0.2) is 0 Å². The fourth-order valence-corrected chi connectivity index (χ4v) is 2.92. The van der Waals surface area contributed by atoms with Gasteiger partial charge in [0.1, 0.15) is 5.60 Å². The first kappa shape index (κ1) is 17.0. The minimum atomic E-state index is -3.77. The van der Waals surface area contributed by atoms with E-state index in [2.05, 4.69) is 0 Å². The summed E-state index contributed by atoms with van der Waals surface area (Å²) in [6.07, 6.45) is 1.93. The van der Waals surface area contributed by atoms with Crippen LogP contribution in [0.25, 0.3) is 0 Å². The summed E-state index contributed by atoms with van der Waals surface area (Å²) in [5, 5.41) is 9.79. The lowest BCUT2D eigenvalue weighted by molar-refractivity contribution is -0.223. The summed E-state index contributed by atoms with van der Waals surface area (Å²) in [4.78, 5) is 13.5. The van der Waals surface area contributed by atoms with Gasteiger partial charge in [-0.1, -0.05) is 12.1 Å². The van der Waals surface area contributed by atoms with Crippen LogP contribution in [0.4, 0.5) is 8.78 Å². The van der Waals surface area contributed by atoms with E-state index >= 15 is 0 Å². The number of hydrogen-bond donors (Lipinski definition) is 1.